The van der Waals surface area contributed by atoms with Gasteiger partial charge in [0.15, 0.2) is 0 Å². The molecule has 130 valence electrons. The topological polar surface area (TPSA) is 114 Å². The van der Waals surface area contributed by atoms with Crippen LogP contribution in [0.3, 0.4) is 0 Å². The Bertz CT molecular complexity index is 738. The first-order valence-electron chi connectivity index (χ1n) is 6.11. The van der Waals surface area contributed by atoms with Gasteiger partial charge in [-0.1, -0.05) is 22.6 Å². The number of ether oxygens (including phenoxy) is 1. The summed E-state index contributed by atoms with van der Waals surface area (Å²) in [5.74, 6) is -0.0258. The highest BCUT2D eigenvalue weighted by Gasteiger charge is 2.51. The molecule has 8 nitrogen and oxygen atoms in total. The van der Waals surface area contributed by atoms with Gasteiger partial charge >= 0.3 is 21.3 Å². The molecule has 1 aromatic rings. The predicted molar refractivity (Wildman–Crippen MR) is 80.2 cm³/mol. The van der Waals surface area contributed by atoms with Gasteiger partial charge in [-0.05, 0) is 6.07 Å². The fourth-order valence-electron chi connectivity index (χ4n) is 1.97. The molecule has 0 aromatic carbocycles. The van der Waals surface area contributed by atoms with Crippen molar-refractivity contribution in [2.75, 3.05) is 10.2 Å². The minimum Gasteiger partial charge on any atom is -0.383 e. The molecule has 2 N–H and O–H groups in total. The van der Waals surface area contributed by atoms with Crippen LogP contribution in [-0.2, 0) is 19.0 Å². The first-order chi connectivity index (χ1) is 10.5. The van der Waals surface area contributed by atoms with Gasteiger partial charge in [-0.2, -0.15) is 26.6 Å². The second kappa shape index (κ2) is 6.52. The minimum atomic E-state index is -5.75. The van der Waals surface area contributed by atoms with Gasteiger partial charge in [0.05, 0.1) is 6.10 Å². The second-order valence-electron chi connectivity index (χ2n) is 4.60. The summed E-state index contributed by atoms with van der Waals surface area (Å²) < 4.78 is 70.3. The van der Waals surface area contributed by atoms with E-state index in [1.54, 1.807) is 0 Å². The third kappa shape index (κ3) is 3.95. The lowest BCUT2D eigenvalue weighted by Gasteiger charge is -2.17. The van der Waals surface area contributed by atoms with E-state index in [1.165, 1.54) is 12.3 Å². The molecule has 0 radical (unpaired) electrons. The van der Waals surface area contributed by atoms with E-state index in [9.17, 15) is 26.4 Å². The average molecular weight is 469 g/mol. The zero-order chi connectivity index (χ0) is 17.4. The molecule has 0 aliphatic carbocycles. The van der Waals surface area contributed by atoms with Gasteiger partial charge < -0.3 is 10.5 Å². The van der Waals surface area contributed by atoms with Crippen LogP contribution in [0.15, 0.2) is 17.1 Å². The number of rotatable bonds is 4. The Hall–Kier alpha value is -0.930. The second-order valence-corrected chi connectivity index (χ2v) is 7.04. The highest BCUT2D eigenvalue weighted by Crippen LogP contribution is 2.35. The third-order valence-corrected chi connectivity index (χ3v) is 4.96. The lowest BCUT2D eigenvalue weighted by Crippen LogP contribution is -2.34. The molecule has 23 heavy (non-hydrogen) atoms. The van der Waals surface area contributed by atoms with Gasteiger partial charge in [-0.25, -0.2) is 4.79 Å². The lowest BCUT2D eigenvalue weighted by atomic mass is 10.2. The van der Waals surface area contributed by atoms with Gasteiger partial charge in [0, 0.05) is 17.0 Å². The Morgan fingerprint density at radius 3 is 2.70 bits per heavy atom. The minimum absolute atomic E-state index is 0.0258. The highest BCUT2D eigenvalue weighted by molar-refractivity contribution is 14.1. The fraction of sp³-hybridized carbons (Fsp3) is 0.600. The monoisotopic (exact) mass is 469 g/mol. The number of anilines is 1. The lowest BCUT2D eigenvalue weighted by molar-refractivity contribution is -0.0601. The van der Waals surface area contributed by atoms with Crippen molar-refractivity contribution >= 4 is 38.5 Å². The van der Waals surface area contributed by atoms with Crippen molar-refractivity contribution in [2.45, 2.75) is 30.4 Å². The number of hydrogen-bond acceptors (Lipinski definition) is 7. The Balaban J connectivity index is 2.23. The van der Waals surface area contributed by atoms with E-state index in [0.29, 0.717) is 0 Å². The van der Waals surface area contributed by atoms with Crippen LogP contribution < -0.4 is 11.4 Å². The summed E-state index contributed by atoms with van der Waals surface area (Å²) >= 11 is 1.82. The van der Waals surface area contributed by atoms with Crippen molar-refractivity contribution in [1.29, 1.82) is 0 Å². The van der Waals surface area contributed by atoms with Crippen LogP contribution >= 0.6 is 22.6 Å². The highest BCUT2D eigenvalue weighted by atomic mass is 127. The van der Waals surface area contributed by atoms with Crippen LogP contribution in [0.1, 0.15) is 12.6 Å². The Morgan fingerprint density at radius 1 is 1.52 bits per heavy atom. The van der Waals surface area contributed by atoms with Crippen LogP contribution in [0.25, 0.3) is 0 Å². The molecule has 2 rings (SSSR count). The zero-order valence-corrected chi connectivity index (χ0v) is 14.2. The maximum atomic E-state index is 12.4. The van der Waals surface area contributed by atoms with Crippen LogP contribution in [0.2, 0.25) is 0 Å². The van der Waals surface area contributed by atoms with Crippen molar-refractivity contribution in [1.82, 2.24) is 9.55 Å². The van der Waals surface area contributed by atoms with Gasteiger partial charge in [0.2, 0.25) is 0 Å². The maximum absolute atomic E-state index is 12.4. The normalized spacial score (nSPS) is 25.7. The first-order valence-corrected chi connectivity index (χ1v) is 9.04. The van der Waals surface area contributed by atoms with Crippen molar-refractivity contribution in [3.63, 3.8) is 0 Å². The summed E-state index contributed by atoms with van der Waals surface area (Å²) in [6, 6.07) is 1.31. The molecule has 0 spiro atoms. The molecule has 2 heterocycles. The number of hydrogen-bond donors (Lipinski definition) is 1. The summed E-state index contributed by atoms with van der Waals surface area (Å²) in [5.41, 5.74) is -0.947. The Morgan fingerprint density at radius 2 is 2.17 bits per heavy atom. The number of nitrogens with zero attached hydrogens (tertiary/aromatic N) is 2. The van der Waals surface area contributed by atoms with E-state index in [2.05, 4.69) is 9.17 Å². The molecule has 0 unspecified atom stereocenters. The summed E-state index contributed by atoms with van der Waals surface area (Å²) in [4.78, 5) is 15.2. The third-order valence-electron chi connectivity index (χ3n) is 3.03. The van der Waals surface area contributed by atoms with Gasteiger partial charge in [-0.15, -0.1) is 0 Å². The summed E-state index contributed by atoms with van der Waals surface area (Å²) in [7, 11) is -5.75. The summed E-state index contributed by atoms with van der Waals surface area (Å²) in [6.07, 6.45) is -2.28. The van der Waals surface area contributed by atoms with Crippen LogP contribution in [0.5, 0.6) is 0 Å². The van der Waals surface area contributed by atoms with Crippen molar-refractivity contribution in [2.24, 2.45) is 0 Å². The number of halogens is 4. The molecular weight excluding hydrogens is 458 g/mol. The van der Waals surface area contributed by atoms with Crippen molar-refractivity contribution < 1.29 is 30.5 Å². The van der Waals surface area contributed by atoms with Crippen molar-refractivity contribution in [3.8, 4) is 0 Å². The Kier molecular flexibility index (Phi) is 5.22. The van der Waals surface area contributed by atoms with Gasteiger partial charge in [0.25, 0.3) is 0 Å². The molecule has 3 atom stereocenters. The van der Waals surface area contributed by atoms with E-state index in [0.717, 1.165) is 4.57 Å². The number of aromatic nitrogens is 2. The standard InChI is InChI=1S/C10H11F3IN3O5S/c11-10(12,13)23(19,20)22-5-3-8(21-6(5)4-14)17-2-1-7(15)16-9(17)18/h1-2,5-6,8H,3-4H2,(H2,15,16,18)/t5-,6+,8+/m0/s1. The quantitative estimate of drug-likeness (QED) is 0.300. The van der Waals surface area contributed by atoms with Crippen LogP contribution in [0, 0.1) is 0 Å². The van der Waals surface area contributed by atoms with Gasteiger partial charge in [0.1, 0.15) is 18.1 Å². The largest absolute Gasteiger partial charge is 0.523 e. The number of nitrogen functional groups attached to an aromatic ring is 1. The van der Waals surface area contributed by atoms with Gasteiger partial charge in [-0.3, -0.25) is 8.75 Å². The van der Waals surface area contributed by atoms with E-state index in [-0.39, 0.29) is 16.7 Å². The molecule has 1 fully saturated rings. The molecule has 0 bridgehead atoms. The van der Waals surface area contributed by atoms with E-state index in [4.69, 9.17) is 10.5 Å². The molecule has 0 amide bonds. The van der Waals surface area contributed by atoms with E-state index in [1.807, 2.05) is 22.6 Å². The average Bonchev–Trinajstić information content (AvgIpc) is 2.79. The molecular formula is C10H11F3IN3O5S. The smallest absolute Gasteiger partial charge is 0.383 e. The number of nitrogens with two attached hydrogens (primary N) is 1. The summed E-state index contributed by atoms with van der Waals surface area (Å²) in [5, 5.41) is 0. The first kappa shape index (κ1) is 18.4. The summed E-state index contributed by atoms with van der Waals surface area (Å²) in [6.45, 7) is 0. The molecule has 1 aliphatic rings. The van der Waals surface area contributed by atoms with Crippen LogP contribution in [-0.4, -0.2) is 40.1 Å². The van der Waals surface area contributed by atoms with Crippen molar-refractivity contribution in [3.05, 3.63) is 22.7 Å². The van der Waals surface area contributed by atoms with E-state index < -0.39 is 39.8 Å². The zero-order valence-electron chi connectivity index (χ0n) is 11.2. The maximum Gasteiger partial charge on any atom is 0.523 e. The number of alkyl halides is 4. The SMILES string of the molecule is Nc1ccn([C@H]2C[C@H](OS(=O)(=O)C(F)(F)F)[C@@H](CI)O2)c(=O)n1. The van der Waals surface area contributed by atoms with Crippen LogP contribution in [0.4, 0.5) is 19.0 Å². The predicted octanol–water partition coefficient (Wildman–Crippen LogP) is 0.783. The Labute approximate surface area is 142 Å². The fourth-order valence-corrected chi connectivity index (χ4v) is 3.39. The molecule has 13 heteroatoms. The molecule has 0 saturated carbocycles. The molecule has 1 aromatic heterocycles. The van der Waals surface area contributed by atoms with E-state index >= 15 is 0 Å². The molecule has 1 saturated heterocycles. The molecule has 1 aliphatic heterocycles.